The van der Waals surface area contributed by atoms with Crippen molar-refractivity contribution < 1.29 is 9.18 Å². The van der Waals surface area contributed by atoms with E-state index in [0.29, 0.717) is 17.8 Å². The summed E-state index contributed by atoms with van der Waals surface area (Å²) in [6.45, 7) is 0. The molecule has 2 aliphatic heterocycles. The zero-order valence-corrected chi connectivity index (χ0v) is 14.8. The molecule has 2 atom stereocenters. The predicted molar refractivity (Wildman–Crippen MR) is 96.3 cm³/mol. The molecule has 1 saturated heterocycles. The van der Waals surface area contributed by atoms with E-state index in [0.717, 1.165) is 29.7 Å². The molecule has 4 heterocycles. The summed E-state index contributed by atoms with van der Waals surface area (Å²) < 4.78 is 14.8. The highest BCUT2D eigenvalue weighted by atomic mass is 19.1. The van der Waals surface area contributed by atoms with E-state index in [1.54, 1.807) is 29.2 Å². The largest absolute Gasteiger partial charge is 0.328 e. The molecule has 2 aliphatic rings. The van der Waals surface area contributed by atoms with Crippen LogP contribution in [0.5, 0.6) is 0 Å². The van der Waals surface area contributed by atoms with Gasteiger partial charge in [0, 0.05) is 43.0 Å². The number of hydrogen-bond donors (Lipinski definition) is 0. The highest BCUT2D eigenvalue weighted by Crippen LogP contribution is 2.43. The third kappa shape index (κ3) is 2.61. The Bertz CT molecular complexity index is 1030. The summed E-state index contributed by atoms with van der Waals surface area (Å²) >= 11 is 0. The Morgan fingerprint density at radius 3 is 2.74 bits per heavy atom. The zero-order valence-electron chi connectivity index (χ0n) is 14.8. The number of fused-ring (bicyclic) bond motifs is 4. The molecular weight excluding hydrogens is 345 g/mol. The molecule has 5 rings (SSSR count). The maximum atomic E-state index is 13.2. The van der Waals surface area contributed by atoms with Crippen molar-refractivity contribution >= 4 is 5.91 Å². The van der Waals surface area contributed by atoms with Gasteiger partial charge in [-0.3, -0.25) is 9.48 Å². The Morgan fingerprint density at radius 1 is 1.19 bits per heavy atom. The minimum Gasteiger partial charge on any atom is -0.328 e. The molecule has 0 radical (unpaired) electrons. The van der Waals surface area contributed by atoms with Crippen molar-refractivity contribution in [3.05, 3.63) is 65.5 Å². The number of carbonyl (C=O) groups excluding carboxylic acids is 1. The molecule has 0 aliphatic carbocycles. The smallest absolute Gasteiger partial charge is 0.257 e. The van der Waals surface area contributed by atoms with Crippen LogP contribution in [0.1, 0.15) is 40.5 Å². The third-order valence-electron chi connectivity index (χ3n) is 5.48. The van der Waals surface area contributed by atoms with E-state index in [1.165, 1.54) is 12.1 Å². The first-order valence-electron chi connectivity index (χ1n) is 9.03. The van der Waals surface area contributed by atoms with Gasteiger partial charge in [0.1, 0.15) is 5.82 Å². The van der Waals surface area contributed by atoms with E-state index in [1.807, 2.05) is 18.1 Å². The fraction of sp³-hybridized carbons (Fsp3) is 0.300. The van der Waals surface area contributed by atoms with Crippen LogP contribution in [-0.2, 0) is 13.5 Å². The lowest BCUT2D eigenvalue weighted by Crippen LogP contribution is -2.42. The van der Waals surface area contributed by atoms with Gasteiger partial charge in [-0.25, -0.2) is 14.4 Å². The number of benzene rings is 1. The summed E-state index contributed by atoms with van der Waals surface area (Å²) in [5.74, 6) is 0.336. The van der Waals surface area contributed by atoms with Crippen LogP contribution < -0.4 is 0 Å². The fourth-order valence-electron chi connectivity index (χ4n) is 4.21. The van der Waals surface area contributed by atoms with Crippen LogP contribution in [0.15, 0.2) is 42.9 Å². The average molecular weight is 363 g/mol. The van der Waals surface area contributed by atoms with Gasteiger partial charge in [-0.15, -0.1) is 0 Å². The van der Waals surface area contributed by atoms with Gasteiger partial charge in [0.15, 0.2) is 5.82 Å². The van der Waals surface area contributed by atoms with E-state index in [2.05, 4.69) is 10.1 Å². The second-order valence-electron chi connectivity index (χ2n) is 7.17. The average Bonchev–Trinajstić information content (AvgIpc) is 3.24. The van der Waals surface area contributed by atoms with Crippen LogP contribution >= 0.6 is 0 Å². The van der Waals surface area contributed by atoms with Gasteiger partial charge in [0.05, 0.1) is 23.5 Å². The van der Waals surface area contributed by atoms with Crippen molar-refractivity contribution in [2.24, 2.45) is 7.05 Å². The van der Waals surface area contributed by atoms with Crippen LogP contribution in [0.3, 0.4) is 0 Å². The monoisotopic (exact) mass is 363 g/mol. The highest BCUT2D eigenvalue weighted by Gasteiger charge is 2.43. The Hall–Kier alpha value is -3.09. The van der Waals surface area contributed by atoms with E-state index in [4.69, 9.17) is 4.98 Å². The number of aryl methyl sites for hydroxylation is 1. The molecule has 2 unspecified atom stereocenters. The van der Waals surface area contributed by atoms with Crippen molar-refractivity contribution in [1.29, 1.82) is 0 Å². The lowest BCUT2D eigenvalue weighted by molar-refractivity contribution is 0.0644. The fourth-order valence-corrected chi connectivity index (χ4v) is 4.21. The molecule has 0 N–H and O–H groups in total. The van der Waals surface area contributed by atoms with Crippen molar-refractivity contribution in [3.8, 4) is 11.4 Å². The van der Waals surface area contributed by atoms with Gasteiger partial charge in [-0.2, -0.15) is 5.10 Å². The SMILES string of the molecule is Cn1cc(C(=O)N2C3CCC2c2cnc(-c4ccc(F)cc4)nc2C3)cn1. The number of nitrogens with zero attached hydrogens (tertiary/aromatic N) is 5. The number of hydrogen-bond acceptors (Lipinski definition) is 4. The molecule has 2 aromatic heterocycles. The van der Waals surface area contributed by atoms with Crippen molar-refractivity contribution in [3.63, 3.8) is 0 Å². The summed E-state index contributed by atoms with van der Waals surface area (Å²) in [6, 6.07) is 6.35. The lowest BCUT2D eigenvalue weighted by Gasteiger charge is -2.35. The van der Waals surface area contributed by atoms with E-state index >= 15 is 0 Å². The molecule has 1 aromatic carbocycles. The highest BCUT2D eigenvalue weighted by molar-refractivity contribution is 5.94. The van der Waals surface area contributed by atoms with Crippen molar-refractivity contribution in [1.82, 2.24) is 24.6 Å². The number of halogens is 1. The summed E-state index contributed by atoms with van der Waals surface area (Å²) in [7, 11) is 1.81. The minimum absolute atomic E-state index is 0.00808. The summed E-state index contributed by atoms with van der Waals surface area (Å²) in [5.41, 5.74) is 3.42. The number of amides is 1. The normalized spacial score (nSPS) is 20.6. The molecule has 1 amide bonds. The van der Waals surface area contributed by atoms with Gasteiger partial charge in [0.2, 0.25) is 0 Å². The standard InChI is InChI=1S/C20H18FN5O/c1-25-11-13(9-23-25)20(27)26-15-6-7-18(26)16-10-22-19(24-17(16)8-15)12-2-4-14(21)5-3-12/h2-5,9-11,15,18H,6-8H2,1H3. The Kier molecular flexibility index (Phi) is 3.56. The minimum atomic E-state index is -0.278. The second-order valence-corrected chi connectivity index (χ2v) is 7.17. The second kappa shape index (κ2) is 5.97. The maximum absolute atomic E-state index is 13.2. The first-order valence-corrected chi connectivity index (χ1v) is 9.03. The molecule has 136 valence electrons. The lowest BCUT2D eigenvalue weighted by atomic mass is 9.98. The quantitative estimate of drug-likeness (QED) is 0.702. The molecule has 0 spiro atoms. The molecule has 0 saturated carbocycles. The molecule has 6 nitrogen and oxygen atoms in total. The van der Waals surface area contributed by atoms with Crippen LogP contribution in [0.25, 0.3) is 11.4 Å². The molecule has 27 heavy (non-hydrogen) atoms. The Morgan fingerprint density at radius 2 is 2.00 bits per heavy atom. The molecule has 7 heteroatoms. The molecule has 2 bridgehead atoms. The van der Waals surface area contributed by atoms with Gasteiger partial charge in [0.25, 0.3) is 5.91 Å². The summed E-state index contributed by atoms with van der Waals surface area (Å²) in [4.78, 5) is 24.2. The van der Waals surface area contributed by atoms with Crippen molar-refractivity contribution in [2.45, 2.75) is 31.3 Å². The van der Waals surface area contributed by atoms with E-state index < -0.39 is 0 Å². The Balaban J connectivity index is 1.49. The maximum Gasteiger partial charge on any atom is 0.257 e. The van der Waals surface area contributed by atoms with Gasteiger partial charge >= 0.3 is 0 Å². The van der Waals surface area contributed by atoms with Gasteiger partial charge < -0.3 is 4.90 Å². The van der Waals surface area contributed by atoms with Crippen LogP contribution in [-0.4, -0.2) is 36.6 Å². The molecule has 1 fully saturated rings. The van der Waals surface area contributed by atoms with E-state index in [-0.39, 0.29) is 23.8 Å². The van der Waals surface area contributed by atoms with Gasteiger partial charge in [-0.05, 0) is 37.1 Å². The summed E-state index contributed by atoms with van der Waals surface area (Å²) in [5, 5.41) is 4.12. The molecule has 3 aromatic rings. The first-order chi connectivity index (χ1) is 13.1. The Labute approximate surface area is 155 Å². The van der Waals surface area contributed by atoms with Crippen molar-refractivity contribution in [2.75, 3.05) is 0 Å². The van der Waals surface area contributed by atoms with Crippen LogP contribution in [0.2, 0.25) is 0 Å². The predicted octanol–water partition coefficient (Wildman–Crippen LogP) is 2.92. The number of rotatable bonds is 2. The first kappa shape index (κ1) is 16.1. The summed E-state index contributed by atoms with van der Waals surface area (Å²) in [6.07, 6.45) is 7.80. The van der Waals surface area contributed by atoms with Gasteiger partial charge in [-0.1, -0.05) is 0 Å². The number of aromatic nitrogens is 4. The topological polar surface area (TPSA) is 63.9 Å². The number of carbonyl (C=O) groups is 1. The van der Waals surface area contributed by atoms with Crippen LogP contribution in [0, 0.1) is 5.82 Å². The zero-order chi connectivity index (χ0) is 18.5. The third-order valence-corrected chi connectivity index (χ3v) is 5.48. The molecular formula is C20H18FN5O. The van der Waals surface area contributed by atoms with E-state index in [9.17, 15) is 9.18 Å². The van der Waals surface area contributed by atoms with Crippen LogP contribution in [0.4, 0.5) is 4.39 Å².